The Morgan fingerprint density at radius 3 is 1.97 bits per heavy atom. The average molecular weight is 1020 g/mol. The van der Waals surface area contributed by atoms with Crippen LogP contribution in [0.1, 0.15) is 98.7 Å². The Morgan fingerprint density at radius 1 is 0.845 bits per heavy atom. The van der Waals surface area contributed by atoms with E-state index in [0.29, 0.717) is 31.6 Å². The number of carbonyl (C=O) groups excluding carboxylic acids is 3. The fourth-order valence-corrected chi connectivity index (χ4v) is 15.9. The number of thioether (sulfide) groups is 1. The zero-order valence-electron chi connectivity index (χ0n) is 44.0. The standard InChI is InChI=1S/C58H76O7SSi2.CO2/c1-42-39-43(2)54(56(59)61-37-38-67(10,11)12)50(40-42)53(66-47-24-16-13-17-25-47)36-35-52-55(64-58(7,8)63-52)51(62-41-45-31-33-46(60-9)34-32-45)30-22-23-44(3)65-68(57(4,5)6,48-26-18-14-19-27-48)49-28-20-15-21-29-49;2-1-3/h13-22,24-34,39-40,44,51-53,55H,23,35-38,41H2,1-12H3;/b30-22-;/t44-,51?,52-,53?,55+;/m0./s1. The molecule has 0 spiro atoms. The second-order valence-corrected chi connectivity index (χ2v) is 32.2. The van der Waals surface area contributed by atoms with E-state index in [2.05, 4.69) is 163 Å². The number of hydrogen-bond acceptors (Lipinski definition) is 10. The summed E-state index contributed by atoms with van der Waals surface area (Å²) in [4.78, 5) is 31.5. The lowest BCUT2D eigenvalue weighted by atomic mass is 9.93. The van der Waals surface area contributed by atoms with Crippen molar-refractivity contribution in [2.45, 2.75) is 152 Å². The Kier molecular flexibility index (Phi) is 21.0. The molecule has 380 valence electrons. The van der Waals surface area contributed by atoms with Gasteiger partial charge in [0.1, 0.15) is 18.0 Å². The van der Waals surface area contributed by atoms with Gasteiger partial charge in [-0.15, -0.1) is 11.8 Å². The maximum atomic E-state index is 14.1. The molecule has 1 fully saturated rings. The van der Waals surface area contributed by atoms with Crippen LogP contribution in [0.15, 0.2) is 144 Å². The van der Waals surface area contributed by atoms with Crippen molar-refractivity contribution < 1.29 is 42.5 Å². The van der Waals surface area contributed by atoms with Crippen molar-refractivity contribution in [3.63, 3.8) is 0 Å². The van der Waals surface area contributed by atoms with E-state index in [1.54, 1.807) is 18.9 Å². The summed E-state index contributed by atoms with van der Waals surface area (Å²) in [5, 5.41) is 2.30. The van der Waals surface area contributed by atoms with Crippen molar-refractivity contribution >= 4 is 50.6 Å². The lowest BCUT2D eigenvalue weighted by molar-refractivity contribution is -0.191. The zero-order valence-corrected chi connectivity index (χ0v) is 46.8. The van der Waals surface area contributed by atoms with Crippen molar-refractivity contribution in [1.29, 1.82) is 0 Å². The maximum absolute atomic E-state index is 14.1. The lowest BCUT2D eigenvalue weighted by Crippen LogP contribution is -2.67. The van der Waals surface area contributed by atoms with E-state index in [0.717, 1.165) is 45.4 Å². The molecule has 2 unspecified atom stereocenters. The molecule has 1 saturated heterocycles. The quantitative estimate of drug-likeness (QED) is 0.0288. The highest BCUT2D eigenvalue weighted by atomic mass is 32.2. The van der Waals surface area contributed by atoms with Gasteiger partial charge in [0, 0.05) is 24.3 Å². The van der Waals surface area contributed by atoms with Gasteiger partial charge in [-0.05, 0) is 116 Å². The van der Waals surface area contributed by atoms with Gasteiger partial charge in [0.25, 0.3) is 8.32 Å². The number of methoxy groups -OCH3 is 1. The van der Waals surface area contributed by atoms with Crippen molar-refractivity contribution in [3.8, 4) is 5.75 Å². The smallest absolute Gasteiger partial charge is 0.373 e. The molecule has 1 aliphatic heterocycles. The molecule has 0 aliphatic carbocycles. The van der Waals surface area contributed by atoms with E-state index in [1.165, 1.54) is 10.4 Å². The molecule has 0 radical (unpaired) electrons. The molecule has 0 aromatic heterocycles. The summed E-state index contributed by atoms with van der Waals surface area (Å²) < 4.78 is 39.5. The molecule has 0 saturated carbocycles. The van der Waals surface area contributed by atoms with Crippen molar-refractivity contribution in [1.82, 2.24) is 0 Å². The van der Waals surface area contributed by atoms with Gasteiger partial charge >= 0.3 is 12.1 Å². The minimum atomic E-state index is -2.77. The third kappa shape index (κ3) is 16.3. The maximum Gasteiger partial charge on any atom is 0.373 e. The molecular weight excluding hydrogens is 941 g/mol. The van der Waals surface area contributed by atoms with E-state index < -0.39 is 34.4 Å². The molecule has 5 atom stereocenters. The van der Waals surface area contributed by atoms with E-state index in [9.17, 15) is 4.79 Å². The van der Waals surface area contributed by atoms with Crippen LogP contribution in [0.3, 0.4) is 0 Å². The predicted molar refractivity (Wildman–Crippen MR) is 291 cm³/mol. The number of esters is 1. The summed E-state index contributed by atoms with van der Waals surface area (Å²) in [6, 6.07) is 45.2. The first kappa shape index (κ1) is 57.0. The van der Waals surface area contributed by atoms with E-state index in [-0.39, 0.29) is 34.6 Å². The van der Waals surface area contributed by atoms with Crippen LogP contribution in [0.5, 0.6) is 5.75 Å². The van der Waals surface area contributed by atoms with Gasteiger partial charge < -0.3 is 28.1 Å². The molecule has 71 heavy (non-hydrogen) atoms. The van der Waals surface area contributed by atoms with Gasteiger partial charge in [-0.25, -0.2) is 4.79 Å². The van der Waals surface area contributed by atoms with Gasteiger partial charge in [-0.2, -0.15) is 9.59 Å². The molecule has 5 aromatic carbocycles. The summed E-state index contributed by atoms with van der Waals surface area (Å²) in [6.07, 6.45) is 5.41. The summed E-state index contributed by atoms with van der Waals surface area (Å²) in [7, 11) is -2.51. The summed E-state index contributed by atoms with van der Waals surface area (Å²) >= 11 is 1.78. The Hall–Kier alpha value is -4.89. The van der Waals surface area contributed by atoms with Crippen LogP contribution in [0.2, 0.25) is 30.7 Å². The molecular formula is C59H76O9SSi2. The van der Waals surface area contributed by atoms with Crippen molar-refractivity contribution in [2.24, 2.45) is 0 Å². The van der Waals surface area contributed by atoms with E-state index in [4.69, 9.17) is 37.7 Å². The van der Waals surface area contributed by atoms with E-state index >= 15 is 0 Å². The van der Waals surface area contributed by atoms with Crippen LogP contribution in [0, 0.1) is 13.8 Å². The number of benzene rings is 5. The minimum absolute atomic E-state index is 0.0720. The number of ether oxygens (including phenoxy) is 5. The first-order valence-electron chi connectivity index (χ1n) is 24.7. The topological polar surface area (TPSA) is 107 Å². The molecule has 6 rings (SSSR count). The Balaban J connectivity index is 0.00000305. The molecule has 12 heteroatoms. The molecule has 1 heterocycles. The van der Waals surface area contributed by atoms with Crippen LogP contribution < -0.4 is 15.1 Å². The van der Waals surface area contributed by atoms with Gasteiger partial charge in [0.2, 0.25) is 0 Å². The van der Waals surface area contributed by atoms with Gasteiger partial charge in [0.15, 0.2) is 5.79 Å². The molecule has 5 aromatic rings. The highest BCUT2D eigenvalue weighted by Gasteiger charge is 2.51. The molecule has 1 aliphatic rings. The fraction of sp³-hybridized carbons (Fsp3) is 0.424. The number of rotatable bonds is 22. The van der Waals surface area contributed by atoms with Gasteiger partial charge in [-0.1, -0.05) is 161 Å². The average Bonchev–Trinajstić information content (AvgIpc) is 3.64. The first-order valence-corrected chi connectivity index (χ1v) is 31.2. The zero-order chi connectivity index (χ0) is 51.8. The highest BCUT2D eigenvalue weighted by molar-refractivity contribution is 7.99. The number of carbonyl (C=O) groups is 1. The first-order chi connectivity index (χ1) is 33.7. The number of aryl methyl sites for hydroxylation is 2. The van der Waals surface area contributed by atoms with E-state index in [1.807, 2.05) is 51.1 Å². The van der Waals surface area contributed by atoms with Crippen LogP contribution >= 0.6 is 11.8 Å². The van der Waals surface area contributed by atoms with Crippen LogP contribution in [0.25, 0.3) is 0 Å². The third-order valence-corrected chi connectivity index (χ3v) is 20.8. The molecule has 0 bridgehead atoms. The predicted octanol–water partition coefficient (Wildman–Crippen LogP) is 12.9. The third-order valence-electron chi connectivity index (χ3n) is 12.6. The van der Waals surface area contributed by atoms with Gasteiger partial charge in [-0.3, -0.25) is 0 Å². The lowest BCUT2D eigenvalue weighted by Gasteiger charge is -2.44. The second kappa shape index (κ2) is 26.2. The Labute approximate surface area is 430 Å². The Bertz CT molecular complexity index is 2440. The van der Waals surface area contributed by atoms with Crippen molar-refractivity contribution in [2.75, 3.05) is 13.7 Å². The summed E-state index contributed by atoms with van der Waals surface area (Å²) in [5.74, 6) is -0.305. The SMILES string of the molecule is COc1ccc(COC(/C=C\C[C@H](C)O[Si](c2ccccc2)(c2ccccc2)C(C)(C)C)[C@H]2OC(C)(C)O[C@H]2CCC(Sc2ccccc2)c2cc(C)cc(C)c2C(=O)OCC[Si](C)(C)C)cc1.O=C=O. The molecule has 0 amide bonds. The largest absolute Gasteiger partial charge is 0.497 e. The summed E-state index contributed by atoms with van der Waals surface area (Å²) in [5.41, 5.74) is 4.73. The normalized spacial score (nSPS) is 17.1. The fourth-order valence-electron chi connectivity index (χ4n) is 9.30. The van der Waals surface area contributed by atoms with Crippen LogP contribution in [-0.2, 0) is 39.6 Å². The summed E-state index contributed by atoms with van der Waals surface area (Å²) in [6.45, 7) is 24.9. The highest BCUT2D eigenvalue weighted by Crippen LogP contribution is 2.44. The Morgan fingerprint density at radius 2 is 1.42 bits per heavy atom. The van der Waals surface area contributed by atoms with Crippen molar-refractivity contribution in [3.05, 3.63) is 167 Å². The molecule has 9 nitrogen and oxygen atoms in total. The minimum Gasteiger partial charge on any atom is -0.497 e. The van der Waals surface area contributed by atoms with Gasteiger partial charge in [0.05, 0.1) is 32.0 Å². The number of hydrogen-bond donors (Lipinski definition) is 0. The second-order valence-electron chi connectivity index (χ2n) is 21.1. The monoisotopic (exact) mass is 1020 g/mol. The van der Waals surface area contributed by atoms with Crippen LogP contribution in [0.4, 0.5) is 0 Å². The van der Waals surface area contributed by atoms with Crippen LogP contribution in [-0.4, -0.2) is 72.4 Å². The molecule has 0 N–H and O–H groups in total.